The quantitative estimate of drug-likeness (QED) is 0.884. The summed E-state index contributed by atoms with van der Waals surface area (Å²) < 4.78 is 13.5. The molecule has 1 fully saturated rings. The van der Waals surface area contributed by atoms with Crippen LogP contribution in [-0.2, 0) is 0 Å². The molecule has 1 aliphatic heterocycles. The van der Waals surface area contributed by atoms with Gasteiger partial charge in [0.1, 0.15) is 5.82 Å². The second-order valence-corrected chi connectivity index (χ2v) is 4.98. The van der Waals surface area contributed by atoms with Gasteiger partial charge in [0.25, 0.3) is 5.91 Å². The standard InChI is InChI=1S/C13H16ClFN2O/c14-10-3-4-11(12(15)6-10)13(18)17-8-9-2-1-5-16-7-9/h3-4,6,9,16H,1-2,5,7-8H2,(H,17,18). The predicted octanol–water partition coefficient (Wildman–Crippen LogP) is 2.21. The number of piperidine rings is 1. The van der Waals surface area contributed by atoms with E-state index in [-0.39, 0.29) is 11.5 Å². The Morgan fingerprint density at radius 2 is 2.39 bits per heavy atom. The molecule has 1 unspecified atom stereocenters. The van der Waals surface area contributed by atoms with Gasteiger partial charge in [-0.15, -0.1) is 0 Å². The third kappa shape index (κ3) is 3.43. The molecule has 0 aromatic heterocycles. The van der Waals surface area contributed by atoms with E-state index in [0.29, 0.717) is 17.5 Å². The first kappa shape index (κ1) is 13.3. The Morgan fingerprint density at radius 3 is 3.06 bits per heavy atom. The SMILES string of the molecule is O=C(NCC1CCCNC1)c1ccc(Cl)cc1F. The van der Waals surface area contributed by atoms with Gasteiger partial charge >= 0.3 is 0 Å². The van der Waals surface area contributed by atoms with Crippen LogP contribution in [0.4, 0.5) is 4.39 Å². The van der Waals surface area contributed by atoms with Crippen LogP contribution in [0.15, 0.2) is 18.2 Å². The molecule has 1 amide bonds. The molecule has 3 nitrogen and oxygen atoms in total. The van der Waals surface area contributed by atoms with Crippen LogP contribution in [0.3, 0.4) is 0 Å². The number of rotatable bonds is 3. The van der Waals surface area contributed by atoms with Crippen LogP contribution < -0.4 is 10.6 Å². The summed E-state index contributed by atoms with van der Waals surface area (Å²) in [6.07, 6.45) is 2.21. The molecule has 98 valence electrons. The molecule has 1 heterocycles. The minimum atomic E-state index is -0.582. The van der Waals surface area contributed by atoms with Crippen molar-refractivity contribution in [2.24, 2.45) is 5.92 Å². The number of carbonyl (C=O) groups excluding carboxylic acids is 1. The monoisotopic (exact) mass is 270 g/mol. The number of hydrogen-bond donors (Lipinski definition) is 2. The first-order valence-corrected chi connectivity index (χ1v) is 6.48. The van der Waals surface area contributed by atoms with Crippen LogP contribution in [0.1, 0.15) is 23.2 Å². The predicted molar refractivity (Wildman–Crippen MR) is 69.3 cm³/mol. The first-order chi connectivity index (χ1) is 8.66. The lowest BCUT2D eigenvalue weighted by Crippen LogP contribution is -2.38. The largest absolute Gasteiger partial charge is 0.352 e. The van der Waals surface area contributed by atoms with Crippen molar-refractivity contribution in [3.63, 3.8) is 0 Å². The Balaban J connectivity index is 1.90. The second-order valence-electron chi connectivity index (χ2n) is 4.55. The van der Waals surface area contributed by atoms with E-state index in [9.17, 15) is 9.18 Å². The van der Waals surface area contributed by atoms with Gasteiger partial charge in [0, 0.05) is 11.6 Å². The third-order valence-corrected chi connectivity index (χ3v) is 3.36. The van der Waals surface area contributed by atoms with Crippen molar-refractivity contribution in [1.82, 2.24) is 10.6 Å². The zero-order valence-corrected chi connectivity index (χ0v) is 10.8. The molecule has 18 heavy (non-hydrogen) atoms. The van der Waals surface area contributed by atoms with Gasteiger partial charge in [0.05, 0.1) is 5.56 Å². The molecule has 1 aromatic carbocycles. The molecule has 0 radical (unpaired) electrons. The highest BCUT2D eigenvalue weighted by Gasteiger charge is 2.16. The molecule has 2 rings (SSSR count). The highest BCUT2D eigenvalue weighted by Crippen LogP contribution is 2.15. The van der Waals surface area contributed by atoms with Gasteiger partial charge in [-0.25, -0.2) is 4.39 Å². The van der Waals surface area contributed by atoms with Gasteiger partial charge < -0.3 is 10.6 Å². The zero-order valence-electron chi connectivity index (χ0n) is 10.0. The van der Waals surface area contributed by atoms with E-state index < -0.39 is 5.82 Å². The zero-order chi connectivity index (χ0) is 13.0. The molecule has 1 aliphatic rings. The Hall–Kier alpha value is -1.13. The molecule has 5 heteroatoms. The molecular weight excluding hydrogens is 255 g/mol. The molecule has 1 saturated heterocycles. The van der Waals surface area contributed by atoms with Gasteiger partial charge in [-0.2, -0.15) is 0 Å². The van der Waals surface area contributed by atoms with Gasteiger partial charge in [0.15, 0.2) is 0 Å². The van der Waals surface area contributed by atoms with Crippen LogP contribution in [-0.4, -0.2) is 25.5 Å². The van der Waals surface area contributed by atoms with E-state index in [2.05, 4.69) is 10.6 Å². The summed E-state index contributed by atoms with van der Waals surface area (Å²) >= 11 is 5.64. The van der Waals surface area contributed by atoms with E-state index in [1.807, 2.05) is 0 Å². The Labute approximate surface area is 111 Å². The average molecular weight is 271 g/mol. The molecule has 1 atom stereocenters. The molecule has 0 spiro atoms. The number of carbonyl (C=O) groups is 1. The molecule has 0 saturated carbocycles. The van der Waals surface area contributed by atoms with Crippen LogP contribution in [0.25, 0.3) is 0 Å². The second kappa shape index (κ2) is 6.16. The lowest BCUT2D eigenvalue weighted by molar-refractivity contribution is 0.0941. The van der Waals surface area contributed by atoms with Crippen LogP contribution >= 0.6 is 11.6 Å². The maximum absolute atomic E-state index is 13.5. The summed E-state index contributed by atoms with van der Waals surface area (Å²) in [5.41, 5.74) is 0.0446. The molecule has 1 aromatic rings. The highest BCUT2D eigenvalue weighted by atomic mass is 35.5. The minimum Gasteiger partial charge on any atom is -0.352 e. The van der Waals surface area contributed by atoms with Crippen molar-refractivity contribution < 1.29 is 9.18 Å². The van der Waals surface area contributed by atoms with Crippen LogP contribution in [0, 0.1) is 11.7 Å². The Morgan fingerprint density at radius 1 is 1.56 bits per heavy atom. The van der Waals surface area contributed by atoms with Crippen molar-refractivity contribution >= 4 is 17.5 Å². The fourth-order valence-electron chi connectivity index (χ4n) is 2.10. The normalized spacial score (nSPS) is 19.6. The summed E-state index contributed by atoms with van der Waals surface area (Å²) in [7, 11) is 0. The summed E-state index contributed by atoms with van der Waals surface area (Å²) in [5, 5.41) is 6.33. The topological polar surface area (TPSA) is 41.1 Å². The first-order valence-electron chi connectivity index (χ1n) is 6.11. The third-order valence-electron chi connectivity index (χ3n) is 3.13. The van der Waals surface area contributed by atoms with E-state index >= 15 is 0 Å². The summed E-state index contributed by atoms with van der Waals surface area (Å²) in [5.74, 6) is -0.533. The average Bonchev–Trinajstić information content (AvgIpc) is 2.37. The lowest BCUT2D eigenvalue weighted by Gasteiger charge is -2.22. The van der Waals surface area contributed by atoms with Crippen LogP contribution in [0.2, 0.25) is 5.02 Å². The van der Waals surface area contributed by atoms with Gasteiger partial charge in [-0.1, -0.05) is 11.6 Å². The van der Waals surface area contributed by atoms with Crippen molar-refractivity contribution in [3.05, 3.63) is 34.6 Å². The summed E-state index contributed by atoms with van der Waals surface area (Å²) in [6.45, 7) is 2.52. The van der Waals surface area contributed by atoms with Gasteiger partial charge in [-0.3, -0.25) is 4.79 Å². The number of halogens is 2. The smallest absolute Gasteiger partial charge is 0.254 e. The number of amides is 1. The molecule has 0 aliphatic carbocycles. The molecule has 0 bridgehead atoms. The van der Waals surface area contributed by atoms with Crippen molar-refractivity contribution in [3.8, 4) is 0 Å². The minimum absolute atomic E-state index is 0.0446. The summed E-state index contributed by atoms with van der Waals surface area (Å²) in [6, 6.07) is 4.08. The maximum Gasteiger partial charge on any atom is 0.254 e. The van der Waals surface area contributed by atoms with Crippen molar-refractivity contribution in [2.75, 3.05) is 19.6 Å². The Kier molecular flexibility index (Phi) is 4.55. The summed E-state index contributed by atoms with van der Waals surface area (Å²) in [4.78, 5) is 11.8. The van der Waals surface area contributed by atoms with E-state index in [0.717, 1.165) is 32.0 Å². The van der Waals surface area contributed by atoms with E-state index in [4.69, 9.17) is 11.6 Å². The van der Waals surface area contributed by atoms with Crippen molar-refractivity contribution in [1.29, 1.82) is 0 Å². The Bertz CT molecular complexity index is 433. The highest BCUT2D eigenvalue weighted by molar-refractivity contribution is 6.30. The number of nitrogens with one attached hydrogen (secondary N) is 2. The fraction of sp³-hybridized carbons (Fsp3) is 0.462. The molecular formula is C13H16ClFN2O. The van der Waals surface area contributed by atoms with Gasteiger partial charge in [-0.05, 0) is 50.0 Å². The molecule has 2 N–H and O–H groups in total. The van der Waals surface area contributed by atoms with Gasteiger partial charge in [0.2, 0.25) is 0 Å². The van der Waals surface area contributed by atoms with E-state index in [1.54, 1.807) is 0 Å². The maximum atomic E-state index is 13.5. The lowest BCUT2D eigenvalue weighted by atomic mass is 9.99. The fourth-order valence-corrected chi connectivity index (χ4v) is 2.26. The number of benzene rings is 1. The number of hydrogen-bond acceptors (Lipinski definition) is 2. The van der Waals surface area contributed by atoms with Crippen LogP contribution in [0.5, 0.6) is 0 Å². The van der Waals surface area contributed by atoms with Crippen molar-refractivity contribution in [2.45, 2.75) is 12.8 Å². The van der Waals surface area contributed by atoms with E-state index in [1.165, 1.54) is 12.1 Å².